The van der Waals surface area contributed by atoms with E-state index in [4.69, 9.17) is 10.2 Å². The molecule has 1 rings (SSSR count). The summed E-state index contributed by atoms with van der Waals surface area (Å²) in [5, 5.41) is 15.6. The number of quaternary nitrogens is 1. The van der Waals surface area contributed by atoms with Gasteiger partial charge in [-0.15, -0.1) is 0 Å². The molecule has 1 aromatic carbocycles. The zero-order chi connectivity index (χ0) is 14.9. The molecule has 0 atom stereocenters. The van der Waals surface area contributed by atoms with Gasteiger partial charge in [0.15, 0.2) is 0 Å². The molecule has 0 unspecified atom stereocenters. The Morgan fingerprint density at radius 1 is 1.00 bits per heavy atom. The van der Waals surface area contributed by atoms with Gasteiger partial charge in [0.1, 0.15) is 6.54 Å². The first-order chi connectivity index (χ1) is 8.70. The summed E-state index contributed by atoms with van der Waals surface area (Å²) in [7, 11) is 6.60. The van der Waals surface area contributed by atoms with Gasteiger partial charge in [-0.3, -0.25) is 0 Å². The first-order valence-electron chi connectivity index (χ1n) is 5.69. The monoisotopic (exact) mass is 266 g/mol. The maximum absolute atomic E-state index is 9.55. The molecule has 0 bridgehead atoms. The third kappa shape index (κ3) is 12.1. The summed E-state index contributed by atoms with van der Waals surface area (Å²) in [6.45, 7) is 1.10. The van der Waals surface area contributed by atoms with Crippen LogP contribution < -0.4 is 0 Å². The first kappa shape index (κ1) is 16.9. The molecular formula is C14H20NO4+. The lowest BCUT2D eigenvalue weighted by Crippen LogP contribution is -2.33. The number of rotatable bonds is 4. The number of benzene rings is 1. The van der Waals surface area contributed by atoms with E-state index in [2.05, 4.69) is 51.5 Å². The smallest absolute Gasteiger partial charge is 0.328 e. The van der Waals surface area contributed by atoms with Crippen LogP contribution in [-0.4, -0.2) is 47.8 Å². The van der Waals surface area contributed by atoms with Crippen molar-refractivity contribution in [3.05, 3.63) is 48.0 Å². The lowest BCUT2D eigenvalue weighted by atomic mass is 10.2. The lowest BCUT2D eigenvalue weighted by molar-refractivity contribution is -0.884. The normalized spacial score (nSPS) is 10.7. The Morgan fingerprint density at radius 2 is 1.42 bits per heavy atom. The Labute approximate surface area is 113 Å². The van der Waals surface area contributed by atoms with Crippen molar-refractivity contribution in [3.63, 3.8) is 0 Å². The Bertz CT molecular complexity index is 417. The van der Waals surface area contributed by atoms with E-state index in [9.17, 15) is 9.59 Å². The van der Waals surface area contributed by atoms with Crippen LogP contribution >= 0.6 is 0 Å². The molecule has 0 aliphatic carbocycles. The molecule has 5 nitrogen and oxygen atoms in total. The second-order valence-electron chi connectivity index (χ2n) is 4.94. The van der Waals surface area contributed by atoms with Crippen LogP contribution in [0.15, 0.2) is 42.5 Å². The Hall–Kier alpha value is -2.14. The number of aliphatic carboxylic acids is 2. The fourth-order valence-electron chi connectivity index (χ4n) is 1.27. The second-order valence-corrected chi connectivity index (χ2v) is 4.94. The van der Waals surface area contributed by atoms with Crippen molar-refractivity contribution >= 4 is 11.9 Å². The van der Waals surface area contributed by atoms with Gasteiger partial charge in [-0.25, -0.2) is 9.59 Å². The van der Waals surface area contributed by atoms with Crippen LogP contribution in [0.25, 0.3) is 0 Å². The molecule has 0 aliphatic heterocycles. The van der Waals surface area contributed by atoms with E-state index in [0.717, 1.165) is 11.0 Å². The van der Waals surface area contributed by atoms with Gasteiger partial charge in [0.05, 0.1) is 21.1 Å². The van der Waals surface area contributed by atoms with Crippen LogP contribution in [0.2, 0.25) is 0 Å². The third-order valence-corrected chi connectivity index (χ3v) is 1.87. The highest BCUT2D eigenvalue weighted by molar-refractivity contribution is 5.89. The Kier molecular flexibility index (Phi) is 7.14. The number of nitrogens with zero attached hydrogens (tertiary/aromatic N) is 1. The summed E-state index contributed by atoms with van der Waals surface area (Å²) in [4.78, 5) is 19.1. The van der Waals surface area contributed by atoms with Gasteiger partial charge in [-0.1, -0.05) is 30.3 Å². The summed E-state index contributed by atoms with van der Waals surface area (Å²) in [6.07, 6.45) is 1.12. The van der Waals surface area contributed by atoms with Crippen molar-refractivity contribution in [2.75, 3.05) is 21.1 Å². The minimum atomic E-state index is -1.26. The molecule has 0 saturated heterocycles. The highest BCUT2D eigenvalue weighted by Gasteiger charge is 2.06. The largest absolute Gasteiger partial charge is 0.478 e. The van der Waals surface area contributed by atoms with Crippen molar-refractivity contribution in [1.82, 2.24) is 0 Å². The Morgan fingerprint density at radius 3 is 1.74 bits per heavy atom. The van der Waals surface area contributed by atoms with Gasteiger partial charge in [-0.05, 0) is 0 Å². The molecule has 5 heteroatoms. The molecule has 1 aromatic rings. The fraction of sp³-hybridized carbons (Fsp3) is 0.286. The van der Waals surface area contributed by atoms with Crippen LogP contribution in [0.4, 0.5) is 0 Å². The molecule has 0 radical (unpaired) electrons. The average Bonchev–Trinajstić information content (AvgIpc) is 2.26. The number of carboxylic acid groups (broad SMARTS) is 2. The molecule has 0 aliphatic rings. The summed E-state index contributed by atoms with van der Waals surface area (Å²) >= 11 is 0. The molecule has 0 amide bonds. The molecule has 104 valence electrons. The van der Waals surface area contributed by atoms with Gasteiger partial charge in [0.25, 0.3) is 0 Å². The van der Waals surface area contributed by atoms with Gasteiger partial charge in [0.2, 0.25) is 0 Å². The number of hydrogen-bond acceptors (Lipinski definition) is 2. The van der Waals surface area contributed by atoms with Crippen molar-refractivity contribution in [2.45, 2.75) is 6.54 Å². The quantitative estimate of drug-likeness (QED) is 0.641. The van der Waals surface area contributed by atoms with Gasteiger partial charge in [0, 0.05) is 17.7 Å². The zero-order valence-electron chi connectivity index (χ0n) is 11.4. The van der Waals surface area contributed by atoms with E-state index in [1.54, 1.807) is 0 Å². The summed E-state index contributed by atoms with van der Waals surface area (Å²) in [6, 6.07) is 10.6. The van der Waals surface area contributed by atoms with Crippen LogP contribution in [-0.2, 0) is 16.1 Å². The van der Waals surface area contributed by atoms with E-state index >= 15 is 0 Å². The van der Waals surface area contributed by atoms with Crippen molar-refractivity contribution < 1.29 is 24.3 Å². The molecular weight excluding hydrogens is 246 g/mol. The van der Waals surface area contributed by atoms with Crippen LogP contribution in [0.1, 0.15) is 5.56 Å². The minimum Gasteiger partial charge on any atom is -0.478 e. The van der Waals surface area contributed by atoms with Crippen molar-refractivity contribution in [1.29, 1.82) is 0 Å². The topological polar surface area (TPSA) is 74.6 Å². The molecule has 19 heavy (non-hydrogen) atoms. The van der Waals surface area contributed by atoms with Crippen LogP contribution in [0.5, 0.6) is 0 Å². The van der Waals surface area contributed by atoms with Crippen LogP contribution in [0, 0.1) is 0 Å². The van der Waals surface area contributed by atoms with Gasteiger partial charge >= 0.3 is 11.9 Å². The molecule has 0 saturated carbocycles. The van der Waals surface area contributed by atoms with E-state index in [1.807, 2.05) is 0 Å². The maximum atomic E-state index is 9.55. The molecule has 0 aromatic heterocycles. The second kappa shape index (κ2) is 8.05. The van der Waals surface area contributed by atoms with Crippen LogP contribution in [0.3, 0.4) is 0 Å². The molecule has 2 N–H and O–H groups in total. The van der Waals surface area contributed by atoms with E-state index in [0.29, 0.717) is 12.2 Å². The predicted octanol–water partition coefficient (Wildman–Crippen LogP) is 1.60. The number of carboxylic acids is 2. The molecule has 0 fully saturated rings. The fourth-order valence-corrected chi connectivity index (χ4v) is 1.27. The highest BCUT2D eigenvalue weighted by atomic mass is 16.4. The van der Waals surface area contributed by atoms with E-state index < -0.39 is 11.9 Å². The van der Waals surface area contributed by atoms with Crippen molar-refractivity contribution in [2.24, 2.45) is 0 Å². The summed E-state index contributed by atoms with van der Waals surface area (Å²) < 4.78 is 0.990. The number of hydrogen-bond donors (Lipinski definition) is 2. The third-order valence-electron chi connectivity index (χ3n) is 1.87. The molecule has 0 heterocycles. The lowest BCUT2D eigenvalue weighted by Gasteiger charge is -2.23. The predicted molar refractivity (Wildman–Crippen MR) is 72.6 cm³/mol. The number of carbonyl (C=O) groups is 2. The standard InChI is InChI=1S/C10H16N.C4H4O4/c1-11(2,3)9-10-7-5-4-6-8-10;5-3(6)1-2-4(7)8/h4-8H,9H2,1-3H3;1-2H,(H,5,6)(H,7,8)/q+1;/b;2-1-. The minimum absolute atomic E-state index is 0.558. The summed E-state index contributed by atoms with van der Waals surface area (Å²) in [5.41, 5.74) is 1.40. The van der Waals surface area contributed by atoms with E-state index in [1.165, 1.54) is 5.56 Å². The van der Waals surface area contributed by atoms with Crippen molar-refractivity contribution in [3.8, 4) is 0 Å². The maximum Gasteiger partial charge on any atom is 0.328 e. The van der Waals surface area contributed by atoms with Gasteiger partial charge in [-0.2, -0.15) is 0 Å². The molecule has 0 spiro atoms. The summed E-state index contributed by atoms with van der Waals surface area (Å²) in [5.74, 6) is -2.51. The SMILES string of the molecule is C[N+](C)(C)Cc1ccccc1.O=C(O)/C=C\C(=O)O. The first-order valence-corrected chi connectivity index (χ1v) is 5.69. The van der Waals surface area contributed by atoms with Gasteiger partial charge < -0.3 is 14.7 Å². The highest BCUT2D eigenvalue weighted by Crippen LogP contribution is 2.05. The Balaban J connectivity index is 0.000000362. The van der Waals surface area contributed by atoms with E-state index in [-0.39, 0.29) is 0 Å². The zero-order valence-corrected chi connectivity index (χ0v) is 11.4. The average molecular weight is 266 g/mol.